The average Bonchev–Trinajstić information content (AvgIpc) is 2.94. The molecule has 7 heteroatoms. The van der Waals surface area contributed by atoms with Crippen molar-refractivity contribution < 1.29 is 14.6 Å². The highest BCUT2D eigenvalue weighted by Gasteiger charge is 2.31. The van der Waals surface area contributed by atoms with Gasteiger partial charge in [0.05, 0.1) is 16.2 Å². The molecule has 1 aliphatic rings. The molecule has 0 fully saturated rings. The molecule has 0 saturated carbocycles. The molecular weight excluding hydrogens is 274 g/mol. The first-order valence-electron chi connectivity index (χ1n) is 6.37. The first kappa shape index (κ1) is 14.7. The Morgan fingerprint density at radius 2 is 2.29 bits per heavy atom. The van der Waals surface area contributed by atoms with Crippen LogP contribution in [0, 0.1) is 10.1 Å². The molecule has 0 saturated heterocycles. The van der Waals surface area contributed by atoms with E-state index in [1.807, 2.05) is 0 Å². The van der Waals surface area contributed by atoms with Crippen LogP contribution in [0.2, 0.25) is 0 Å². The second-order valence-corrected chi connectivity index (χ2v) is 4.79. The SMILES string of the molecule is C=C(C)CNC(=O)[C@@H]1CC(c2ccccc2[N+](=O)[O-])=NO1. The van der Waals surface area contributed by atoms with E-state index >= 15 is 0 Å². The number of hydrogen-bond donors (Lipinski definition) is 1. The Kier molecular flexibility index (Phi) is 4.32. The summed E-state index contributed by atoms with van der Waals surface area (Å²) in [5, 5.41) is 17.5. The maximum absolute atomic E-state index is 11.9. The van der Waals surface area contributed by atoms with Crippen LogP contribution >= 0.6 is 0 Å². The van der Waals surface area contributed by atoms with Gasteiger partial charge in [-0.05, 0) is 13.0 Å². The summed E-state index contributed by atoms with van der Waals surface area (Å²) in [4.78, 5) is 27.4. The van der Waals surface area contributed by atoms with Crippen LogP contribution in [0.5, 0.6) is 0 Å². The Labute approximate surface area is 121 Å². The largest absolute Gasteiger partial charge is 0.382 e. The van der Waals surface area contributed by atoms with Crippen molar-refractivity contribution in [3.05, 3.63) is 52.1 Å². The third-order valence-electron chi connectivity index (χ3n) is 2.94. The number of nitrogens with one attached hydrogen (secondary N) is 1. The minimum absolute atomic E-state index is 0.0529. The van der Waals surface area contributed by atoms with Gasteiger partial charge in [0.15, 0.2) is 0 Å². The van der Waals surface area contributed by atoms with Crippen molar-refractivity contribution in [1.82, 2.24) is 5.32 Å². The lowest BCUT2D eigenvalue weighted by Crippen LogP contribution is -2.35. The molecule has 0 aromatic heterocycles. The molecule has 0 bridgehead atoms. The zero-order chi connectivity index (χ0) is 15.4. The zero-order valence-electron chi connectivity index (χ0n) is 11.5. The van der Waals surface area contributed by atoms with Crippen molar-refractivity contribution in [1.29, 1.82) is 0 Å². The van der Waals surface area contributed by atoms with Gasteiger partial charge in [-0.15, -0.1) is 0 Å². The van der Waals surface area contributed by atoms with Crippen molar-refractivity contribution in [3.8, 4) is 0 Å². The molecule has 0 unspecified atom stereocenters. The Morgan fingerprint density at radius 3 is 2.95 bits per heavy atom. The molecule has 0 radical (unpaired) electrons. The quantitative estimate of drug-likeness (QED) is 0.508. The number of nitro benzene ring substituents is 1. The lowest BCUT2D eigenvalue weighted by atomic mass is 10.0. The van der Waals surface area contributed by atoms with Gasteiger partial charge in [0, 0.05) is 19.0 Å². The van der Waals surface area contributed by atoms with Crippen LogP contribution in [0.15, 0.2) is 41.6 Å². The standard InChI is InChI=1S/C14H15N3O4/c1-9(2)8-15-14(18)13-7-11(16-21-13)10-5-3-4-6-12(10)17(19)20/h3-6,13H,1,7-8H2,2H3,(H,15,18)/t13-/m0/s1. The summed E-state index contributed by atoms with van der Waals surface area (Å²) in [6.07, 6.45) is -0.563. The third-order valence-corrected chi connectivity index (χ3v) is 2.94. The lowest BCUT2D eigenvalue weighted by molar-refractivity contribution is -0.385. The van der Waals surface area contributed by atoms with E-state index in [2.05, 4.69) is 17.1 Å². The van der Waals surface area contributed by atoms with Gasteiger partial charge in [0.1, 0.15) is 0 Å². The van der Waals surface area contributed by atoms with Gasteiger partial charge < -0.3 is 10.2 Å². The van der Waals surface area contributed by atoms with E-state index in [9.17, 15) is 14.9 Å². The van der Waals surface area contributed by atoms with E-state index < -0.39 is 11.0 Å². The van der Waals surface area contributed by atoms with Gasteiger partial charge in [0.25, 0.3) is 11.6 Å². The molecule has 7 nitrogen and oxygen atoms in total. The number of amides is 1. The summed E-state index contributed by atoms with van der Waals surface area (Å²) < 4.78 is 0. The lowest BCUT2D eigenvalue weighted by Gasteiger charge is -2.09. The van der Waals surface area contributed by atoms with Gasteiger partial charge >= 0.3 is 0 Å². The monoisotopic (exact) mass is 289 g/mol. The highest BCUT2D eigenvalue weighted by Crippen LogP contribution is 2.24. The number of rotatable bonds is 5. The Balaban J connectivity index is 2.07. The summed E-state index contributed by atoms with van der Waals surface area (Å²) in [5.74, 6) is -0.310. The fourth-order valence-electron chi connectivity index (χ4n) is 1.91. The fraction of sp³-hybridized carbons (Fsp3) is 0.286. The molecule has 0 aliphatic carbocycles. The van der Waals surface area contributed by atoms with Crippen LogP contribution in [0.25, 0.3) is 0 Å². The number of carbonyl (C=O) groups excluding carboxylic acids is 1. The number of nitrogens with zero attached hydrogens (tertiary/aromatic N) is 2. The number of para-hydroxylation sites is 1. The summed E-state index contributed by atoms with van der Waals surface area (Å²) in [6.45, 7) is 5.85. The Bertz CT molecular complexity index is 624. The van der Waals surface area contributed by atoms with Crippen LogP contribution in [0.3, 0.4) is 0 Å². The van der Waals surface area contributed by atoms with Gasteiger partial charge in [0.2, 0.25) is 6.10 Å². The maximum Gasteiger partial charge on any atom is 0.278 e. The van der Waals surface area contributed by atoms with Crippen molar-refractivity contribution in [2.75, 3.05) is 6.54 Å². The molecule has 0 spiro atoms. The van der Waals surface area contributed by atoms with Crippen LogP contribution in [0.1, 0.15) is 18.9 Å². The second kappa shape index (κ2) is 6.17. The van der Waals surface area contributed by atoms with E-state index in [1.54, 1.807) is 25.1 Å². The normalized spacial score (nSPS) is 16.8. The molecule has 1 amide bonds. The summed E-state index contributed by atoms with van der Waals surface area (Å²) in [5.41, 5.74) is 1.54. The van der Waals surface area contributed by atoms with Crippen molar-refractivity contribution in [3.63, 3.8) is 0 Å². The predicted molar refractivity (Wildman–Crippen MR) is 76.9 cm³/mol. The van der Waals surface area contributed by atoms with Gasteiger partial charge in [-0.25, -0.2) is 0 Å². The highest BCUT2D eigenvalue weighted by atomic mass is 16.6. The smallest absolute Gasteiger partial charge is 0.278 e. The number of hydrogen-bond acceptors (Lipinski definition) is 5. The molecular formula is C14H15N3O4. The van der Waals surface area contributed by atoms with Gasteiger partial charge in [-0.2, -0.15) is 0 Å². The number of carbonyl (C=O) groups is 1. The van der Waals surface area contributed by atoms with Crippen LogP contribution in [0.4, 0.5) is 5.69 Å². The Hall–Kier alpha value is -2.70. The molecule has 2 rings (SSSR count). The van der Waals surface area contributed by atoms with Crippen molar-refractivity contribution in [2.24, 2.45) is 5.16 Å². The molecule has 1 heterocycles. The molecule has 1 N–H and O–H groups in total. The minimum atomic E-state index is -0.765. The molecule has 1 aromatic rings. The van der Waals surface area contributed by atoms with Crippen LogP contribution < -0.4 is 5.32 Å². The van der Waals surface area contributed by atoms with E-state index in [-0.39, 0.29) is 18.0 Å². The molecule has 1 aromatic carbocycles. The van der Waals surface area contributed by atoms with Gasteiger partial charge in [-0.3, -0.25) is 14.9 Å². The highest BCUT2D eigenvalue weighted by molar-refractivity contribution is 6.06. The van der Waals surface area contributed by atoms with E-state index in [1.165, 1.54) is 6.07 Å². The fourth-order valence-corrected chi connectivity index (χ4v) is 1.91. The number of oxime groups is 1. The Morgan fingerprint density at radius 1 is 1.57 bits per heavy atom. The summed E-state index contributed by atoms with van der Waals surface area (Å²) >= 11 is 0. The first-order valence-corrected chi connectivity index (χ1v) is 6.37. The molecule has 110 valence electrons. The first-order chi connectivity index (χ1) is 9.99. The zero-order valence-corrected chi connectivity index (χ0v) is 11.5. The second-order valence-electron chi connectivity index (χ2n) is 4.79. The topological polar surface area (TPSA) is 93.8 Å². The molecule has 21 heavy (non-hydrogen) atoms. The summed E-state index contributed by atoms with van der Waals surface area (Å²) in [7, 11) is 0. The van der Waals surface area contributed by atoms with Crippen molar-refractivity contribution >= 4 is 17.3 Å². The van der Waals surface area contributed by atoms with Crippen molar-refractivity contribution in [2.45, 2.75) is 19.4 Å². The maximum atomic E-state index is 11.9. The van der Waals surface area contributed by atoms with E-state index in [0.717, 1.165) is 5.57 Å². The minimum Gasteiger partial charge on any atom is -0.382 e. The average molecular weight is 289 g/mol. The summed E-state index contributed by atoms with van der Waals surface area (Å²) in [6, 6.07) is 6.25. The van der Waals surface area contributed by atoms with Gasteiger partial charge in [-0.1, -0.05) is 29.4 Å². The molecule has 1 atom stereocenters. The van der Waals surface area contributed by atoms with Crippen LogP contribution in [-0.4, -0.2) is 29.2 Å². The third kappa shape index (κ3) is 3.44. The molecule has 1 aliphatic heterocycles. The predicted octanol–water partition coefficient (Wildman–Crippen LogP) is 1.78. The van der Waals surface area contributed by atoms with Crippen LogP contribution in [-0.2, 0) is 9.63 Å². The number of benzene rings is 1. The number of nitro groups is 1. The van der Waals surface area contributed by atoms with E-state index in [4.69, 9.17) is 4.84 Å². The van der Waals surface area contributed by atoms with E-state index in [0.29, 0.717) is 17.8 Å².